The molecule has 3 heteroatoms. The molecule has 1 unspecified atom stereocenters. The highest BCUT2D eigenvalue weighted by atomic mass is 35.5. The molecule has 0 heterocycles. The lowest BCUT2D eigenvalue weighted by molar-refractivity contribution is -0.00000393. The maximum Gasteiger partial charge on any atom is 0.120 e. The van der Waals surface area contributed by atoms with E-state index < -0.39 is 0 Å². The molecule has 0 saturated heterocycles. The lowest BCUT2D eigenvalue weighted by Gasteiger charge is -2.13. The molecule has 0 aliphatic heterocycles. The molecule has 0 aliphatic rings. The Morgan fingerprint density at radius 3 is 2.43 bits per heavy atom. The second-order valence-corrected chi connectivity index (χ2v) is 3.41. The summed E-state index contributed by atoms with van der Waals surface area (Å²) in [4.78, 5) is 0. The Balaban J connectivity index is 0.00000169. The molecule has 0 amide bonds. The van der Waals surface area contributed by atoms with Crippen LogP contribution in [0.4, 0.5) is 0 Å². The van der Waals surface area contributed by atoms with Gasteiger partial charge in [-0.15, -0.1) is 0 Å². The summed E-state index contributed by atoms with van der Waals surface area (Å²) in [5, 5.41) is 0. The fourth-order valence-corrected chi connectivity index (χ4v) is 1.07. The minimum absolute atomic E-state index is 0. The van der Waals surface area contributed by atoms with Crippen molar-refractivity contribution in [2.45, 2.75) is 26.9 Å². The summed E-state index contributed by atoms with van der Waals surface area (Å²) in [6.07, 6.45) is 0.0853. The second kappa shape index (κ2) is 5.89. The molecule has 1 aromatic carbocycles. The molecule has 1 rings (SSSR count). The standard InChI is InChI=1S/C11H17NO.ClH/c1-8-4-5-11(6-9(8)2)13-10(3)7-12;/h4-6,10H,7,12H2,1-3H3;1H/p-1. The maximum absolute atomic E-state index is 5.57. The molecular formula is C11H17ClNO-. The van der Waals surface area contributed by atoms with Crippen LogP contribution in [0.15, 0.2) is 18.2 Å². The summed E-state index contributed by atoms with van der Waals surface area (Å²) in [7, 11) is 0. The molecule has 2 nitrogen and oxygen atoms in total. The van der Waals surface area contributed by atoms with Gasteiger partial charge >= 0.3 is 0 Å². The van der Waals surface area contributed by atoms with Crippen LogP contribution >= 0.6 is 0 Å². The van der Waals surface area contributed by atoms with Crippen molar-refractivity contribution in [3.05, 3.63) is 29.3 Å². The summed E-state index contributed by atoms with van der Waals surface area (Å²) >= 11 is 0. The van der Waals surface area contributed by atoms with Gasteiger partial charge in [-0.25, -0.2) is 0 Å². The third-order valence-electron chi connectivity index (χ3n) is 2.15. The Morgan fingerprint density at radius 1 is 1.29 bits per heavy atom. The second-order valence-electron chi connectivity index (χ2n) is 3.41. The van der Waals surface area contributed by atoms with Crippen molar-refractivity contribution in [1.29, 1.82) is 0 Å². The Hall–Kier alpha value is -0.730. The number of rotatable bonds is 3. The zero-order valence-electron chi connectivity index (χ0n) is 8.88. The first kappa shape index (κ1) is 13.3. The molecule has 1 aromatic rings. The largest absolute Gasteiger partial charge is 1.00 e. The topological polar surface area (TPSA) is 35.2 Å². The average molecular weight is 215 g/mol. The van der Waals surface area contributed by atoms with Crippen LogP contribution < -0.4 is 22.9 Å². The quantitative estimate of drug-likeness (QED) is 0.703. The SMILES string of the molecule is Cc1ccc(OC(C)CN)cc1C.[Cl-]. The van der Waals surface area contributed by atoms with Crippen LogP contribution in [0.5, 0.6) is 5.75 Å². The normalized spacial score (nSPS) is 11.7. The molecular weight excluding hydrogens is 198 g/mol. The van der Waals surface area contributed by atoms with E-state index in [0.29, 0.717) is 6.54 Å². The smallest absolute Gasteiger partial charge is 0.120 e. The number of ether oxygens (including phenoxy) is 1. The first-order valence-electron chi connectivity index (χ1n) is 4.57. The highest BCUT2D eigenvalue weighted by molar-refractivity contribution is 5.33. The van der Waals surface area contributed by atoms with Crippen LogP contribution in [0.1, 0.15) is 18.1 Å². The van der Waals surface area contributed by atoms with E-state index in [1.807, 2.05) is 19.1 Å². The molecule has 14 heavy (non-hydrogen) atoms. The molecule has 80 valence electrons. The molecule has 0 bridgehead atoms. The van der Waals surface area contributed by atoms with E-state index >= 15 is 0 Å². The van der Waals surface area contributed by atoms with Gasteiger partial charge in [0.1, 0.15) is 11.9 Å². The zero-order chi connectivity index (χ0) is 9.84. The van der Waals surface area contributed by atoms with Gasteiger partial charge in [-0.2, -0.15) is 0 Å². The van der Waals surface area contributed by atoms with Gasteiger partial charge in [0.15, 0.2) is 0 Å². The van der Waals surface area contributed by atoms with Crippen LogP contribution in [0.25, 0.3) is 0 Å². The fraction of sp³-hybridized carbons (Fsp3) is 0.455. The highest BCUT2D eigenvalue weighted by Gasteiger charge is 2.01. The predicted molar refractivity (Wildman–Crippen MR) is 55.1 cm³/mol. The van der Waals surface area contributed by atoms with Gasteiger partial charge in [0.2, 0.25) is 0 Å². The summed E-state index contributed by atoms with van der Waals surface area (Å²) < 4.78 is 5.57. The van der Waals surface area contributed by atoms with E-state index in [4.69, 9.17) is 10.5 Å². The molecule has 0 radical (unpaired) electrons. The lowest BCUT2D eigenvalue weighted by Crippen LogP contribution is -3.00. The van der Waals surface area contributed by atoms with Gasteiger partial charge in [0.05, 0.1) is 0 Å². The van der Waals surface area contributed by atoms with Crippen LogP contribution in [-0.2, 0) is 0 Å². The van der Waals surface area contributed by atoms with Gasteiger partial charge in [-0.1, -0.05) is 6.07 Å². The van der Waals surface area contributed by atoms with Crippen molar-refractivity contribution in [2.75, 3.05) is 6.54 Å². The summed E-state index contributed by atoms with van der Waals surface area (Å²) in [6.45, 7) is 6.68. The first-order chi connectivity index (χ1) is 6.13. The highest BCUT2D eigenvalue weighted by Crippen LogP contribution is 2.17. The van der Waals surface area contributed by atoms with Gasteiger partial charge < -0.3 is 22.9 Å². The number of halogens is 1. The Bertz CT molecular complexity index is 289. The number of benzene rings is 1. The monoisotopic (exact) mass is 214 g/mol. The van der Waals surface area contributed by atoms with E-state index in [-0.39, 0.29) is 18.5 Å². The van der Waals surface area contributed by atoms with E-state index in [1.54, 1.807) is 0 Å². The fourth-order valence-electron chi connectivity index (χ4n) is 1.07. The zero-order valence-corrected chi connectivity index (χ0v) is 9.64. The predicted octanol–water partition coefficient (Wildman–Crippen LogP) is -0.967. The van der Waals surface area contributed by atoms with Crippen LogP contribution in [0, 0.1) is 13.8 Å². The summed E-state index contributed by atoms with van der Waals surface area (Å²) in [6, 6.07) is 6.09. The van der Waals surface area contributed by atoms with Crippen LogP contribution in [-0.4, -0.2) is 12.6 Å². The van der Waals surface area contributed by atoms with Crippen LogP contribution in [0.2, 0.25) is 0 Å². The van der Waals surface area contributed by atoms with Gasteiger partial charge in [-0.05, 0) is 44.0 Å². The van der Waals surface area contributed by atoms with Crippen molar-refractivity contribution >= 4 is 0 Å². The van der Waals surface area contributed by atoms with Gasteiger partial charge in [0, 0.05) is 6.54 Å². The number of hydrogen-bond donors (Lipinski definition) is 1. The van der Waals surface area contributed by atoms with E-state index in [2.05, 4.69) is 19.9 Å². The Kier molecular flexibility index (Phi) is 5.58. The summed E-state index contributed by atoms with van der Waals surface area (Å²) in [5.41, 5.74) is 8.00. The molecule has 1 atom stereocenters. The lowest BCUT2D eigenvalue weighted by atomic mass is 10.1. The molecule has 0 saturated carbocycles. The maximum atomic E-state index is 5.57. The molecule has 0 aliphatic carbocycles. The third-order valence-corrected chi connectivity index (χ3v) is 2.15. The molecule has 2 N–H and O–H groups in total. The Morgan fingerprint density at radius 2 is 1.93 bits per heavy atom. The Labute approximate surface area is 91.9 Å². The van der Waals surface area contributed by atoms with Gasteiger partial charge in [0.25, 0.3) is 0 Å². The van der Waals surface area contributed by atoms with Crippen molar-refractivity contribution < 1.29 is 17.1 Å². The third kappa shape index (κ3) is 3.56. The molecule has 0 spiro atoms. The van der Waals surface area contributed by atoms with Crippen molar-refractivity contribution in [3.8, 4) is 5.75 Å². The van der Waals surface area contributed by atoms with E-state index in [0.717, 1.165) is 5.75 Å². The van der Waals surface area contributed by atoms with Crippen molar-refractivity contribution in [3.63, 3.8) is 0 Å². The van der Waals surface area contributed by atoms with E-state index in [9.17, 15) is 0 Å². The van der Waals surface area contributed by atoms with E-state index in [1.165, 1.54) is 11.1 Å². The minimum Gasteiger partial charge on any atom is -1.00 e. The first-order valence-corrected chi connectivity index (χ1v) is 4.57. The summed E-state index contributed by atoms with van der Waals surface area (Å²) in [5.74, 6) is 0.904. The van der Waals surface area contributed by atoms with Crippen LogP contribution in [0.3, 0.4) is 0 Å². The number of hydrogen-bond acceptors (Lipinski definition) is 2. The average Bonchev–Trinajstić information content (AvgIpc) is 2.11. The van der Waals surface area contributed by atoms with Crippen molar-refractivity contribution in [1.82, 2.24) is 0 Å². The van der Waals surface area contributed by atoms with Crippen molar-refractivity contribution in [2.24, 2.45) is 5.73 Å². The molecule has 0 fully saturated rings. The minimum atomic E-state index is 0. The van der Waals surface area contributed by atoms with Gasteiger partial charge in [-0.3, -0.25) is 0 Å². The number of nitrogens with two attached hydrogens (primary N) is 1. The molecule has 0 aromatic heterocycles. The number of aryl methyl sites for hydroxylation is 2.